The molecule has 1 amide bonds. The van der Waals surface area contributed by atoms with Crippen molar-refractivity contribution in [2.24, 2.45) is 5.41 Å². The SMILES string of the molecule is COc1cccc(CN2CCC3(CC2)C(=O)N(c2cccc(F)c2)C3c2ccccc2)c1. The van der Waals surface area contributed by atoms with Gasteiger partial charge in [0.1, 0.15) is 11.6 Å². The molecule has 5 rings (SSSR count). The fourth-order valence-electron chi connectivity index (χ4n) is 5.28. The molecule has 2 saturated heterocycles. The molecular weight excluding hydrogens is 403 g/mol. The highest BCUT2D eigenvalue weighted by atomic mass is 19.1. The zero-order chi connectivity index (χ0) is 22.1. The molecule has 0 radical (unpaired) electrons. The van der Waals surface area contributed by atoms with Gasteiger partial charge in [-0.25, -0.2) is 4.39 Å². The Labute approximate surface area is 188 Å². The fraction of sp³-hybridized carbons (Fsp3) is 0.296. The van der Waals surface area contributed by atoms with Gasteiger partial charge < -0.3 is 9.64 Å². The van der Waals surface area contributed by atoms with Gasteiger partial charge in [0, 0.05) is 12.2 Å². The second kappa shape index (κ2) is 8.40. The molecule has 1 atom stereocenters. The van der Waals surface area contributed by atoms with Crippen LogP contribution in [-0.4, -0.2) is 31.0 Å². The van der Waals surface area contributed by atoms with Crippen molar-refractivity contribution in [3.63, 3.8) is 0 Å². The van der Waals surface area contributed by atoms with Gasteiger partial charge in [0.25, 0.3) is 0 Å². The Balaban J connectivity index is 1.38. The fourth-order valence-corrected chi connectivity index (χ4v) is 5.28. The highest BCUT2D eigenvalue weighted by molar-refractivity contribution is 6.06. The van der Waals surface area contributed by atoms with Crippen LogP contribution in [0.4, 0.5) is 10.1 Å². The molecule has 0 bridgehead atoms. The lowest BCUT2D eigenvalue weighted by molar-refractivity contribution is -0.145. The van der Waals surface area contributed by atoms with E-state index in [4.69, 9.17) is 4.74 Å². The van der Waals surface area contributed by atoms with Crippen LogP contribution >= 0.6 is 0 Å². The van der Waals surface area contributed by atoms with Crippen LogP contribution in [0.2, 0.25) is 0 Å². The number of rotatable bonds is 5. The third-order valence-corrected chi connectivity index (χ3v) is 6.92. The molecule has 32 heavy (non-hydrogen) atoms. The van der Waals surface area contributed by atoms with Gasteiger partial charge in [0.05, 0.1) is 18.6 Å². The van der Waals surface area contributed by atoms with E-state index in [-0.39, 0.29) is 17.8 Å². The maximum Gasteiger partial charge on any atom is 0.236 e. The molecule has 1 spiro atoms. The maximum absolute atomic E-state index is 13.9. The third-order valence-electron chi connectivity index (χ3n) is 6.92. The molecule has 0 aliphatic carbocycles. The zero-order valence-electron chi connectivity index (χ0n) is 18.2. The van der Waals surface area contributed by atoms with Crippen molar-refractivity contribution in [2.75, 3.05) is 25.1 Å². The minimum Gasteiger partial charge on any atom is -0.497 e. The minimum absolute atomic E-state index is 0.0723. The van der Waals surface area contributed by atoms with Crippen LogP contribution < -0.4 is 9.64 Å². The van der Waals surface area contributed by atoms with E-state index in [1.54, 1.807) is 18.1 Å². The van der Waals surface area contributed by atoms with E-state index < -0.39 is 5.41 Å². The number of anilines is 1. The molecule has 2 aliphatic rings. The quantitative estimate of drug-likeness (QED) is 0.522. The number of benzene rings is 3. The smallest absolute Gasteiger partial charge is 0.236 e. The number of nitrogens with zero attached hydrogens (tertiary/aromatic N) is 2. The molecule has 3 aromatic carbocycles. The molecule has 0 saturated carbocycles. The molecule has 0 N–H and O–H groups in total. The number of halogens is 1. The summed E-state index contributed by atoms with van der Waals surface area (Å²) in [7, 11) is 1.68. The summed E-state index contributed by atoms with van der Waals surface area (Å²) in [6.07, 6.45) is 1.59. The first-order chi connectivity index (χ1) is 15.6. The molecule has 5 heteroatoms. The molecule has 0 aromatic heterocycles. The number of carbonyl (C=O) groups excluding carboxylic acids is 1. The average molecular weight is 431 g/mol. The predicted octanol–water partition coefficient (Wildman–Crippen LogP) is 5.20. The summed E-state index contributed by atoms with van der Waals surface area (Å²) in [5.74, 6) is 0.647. The van der Waals surface area contributed by atoms with E-state index in [0.717, 1.165) is 43.8 Å². The van der Waals surface area contributed by atoms with Gasteiger partial charge in [0.15, 0.2) is 0 Å². The summed E-state index contributed by atoms with van der Waals surface area (Å²) in [5.41, 5.74) is 2.52. The van der Waals surface area contributed by atoms with Crippen molar-refractivity contribution in [3.8, 4) is 5.75 Å². The number of β-lactam (4-membered cyclic amide) rings is 1. The molecule has 164 valence electrons. The second-order valence-corrected chi connectivity index (χ2v) is 8.75. The Bertz CT molecular complexity index is 1110. The number of likely N-dealkylation sites (tertiary alicyclic amines) is 1. The minimum atomic E-state index is -0.432. The lowest BCUT2D eigenvalue weighted by Gasteiger charge is -2.59. The van der Waals surface area contributed by atoms with Gasteiger partial charge in [-0.05, 0) is 67.4 Å². The van der Waals surface area contributed by atoms with Crippen molar-refractivity contribution in [1.29, 1.82) is 0 Å². The molecule has 4 nitrogen and oxygen atoms in total. The summed E-state index contributed by atoms with van der Waals surface area (Å²) in [6.45, 7) is 2.54. The van der Waals surface area contributed by atoms with Crippen LogP contribution in [0, 0.1) is 11.2 Å². The van der Waals surface area contributed by atoms with Gasteiger partial charge in [-0.2, -0.15) is 0 Å². The van der Waals surface area contributed by atoms with E-state index in [1.807, 2.05) is 36.4 Å². The van der Waals surface area contributed by atoms with Gasteiger partial charge in [-0.1, -0.05) is 48.5 Å². The number of piperidine rings is 1. The Kier molecular flexibility index (Phi) is 5.43. The van der Waals surface area contributed by atoms with Crippen LogP contribution in [0.5, 0.6) is 5.75 Å². The lowest BCUT2D eigenvalue weighted by atomic mass is 9.62. The molecule has 2 aliphatic heterocycles. The molecular formula is C27H27FN2O2. The first-order valence-electron chi connectivity index (χ1n) is 11.1. The first kappa shape index (κ1) is 20.7. The highest BCUT2D eigenvalue weighted by Gasteiger charge is 2.61. The van der Waals surface area contributed by atoms with Crippen molar-refractivity contribution >= 4 is 11.6 Å². The number of hydrogen-bond donors (Lipinski definition) is 0. The van der Waals surface area contributed by atoms with E-state index in [0.29, 0.717) is 5.69 Å². The van der Waals surface area contributed by atoms with Crippen LogP contribution in [0.15, 0.2) is 78.9 Å². The molecule has 2 heterocycles. The van der Waals surface area contributed by atoms with Gasteiger partial charge in [0.2, 0.25) is 5.91 Å². The Hall–Kier alpha value is -3.18. The van der Waals surface area contributed by atoms with Crippen molar-refractivity contribution in [2.45, 2.75) is 25.4 Å². The zero-order valence-corrected chi connectivity index (χ0v) is 18.2. The van der Waals surface area contributed by atoms with E-state index in [1.165, 1.54) is 17.7 Å². The molecule has 2 fully saturated rings. The van der Waals surface area contributed by atoms with Gasteiger partial charge in [-0.15, -0.1) is 0 Å². The van der Waals surface area contributed by atoms with Gasteiger partial charge in [-0.3, -0.25) is 9.69 Å². The summed E-state index contributed by atoms with van der Waals surface area (Å²) in [4.78, 5) is 17.7. The highest BCUT2D eigenvalue weighted by Crippen LogP contribution is 2.57. The molecule has 3 aromatic rings. The van der Waals surface area contributed by atoms with Crippen molar-refractivity contribution in [3.05, 3.63) is 95.8 Å². The standard InChI is InChI=1S/C27H27FN2O2/c1-32-24-12-5-7-20(17-24)19-29-15-13-27(14-16-29)25(21-8-3-2-4-9-21)30(26(27)31)23-11-6-10-22(28)18-23/h2-12,17-18,25H,13-16,19H2,1H3. The summed E-state index contributed by atoms with van der Waals surface area (Å²) < 4.78 is 19.3. The molecule has 1 unspecified atom stereocenters. The summed E-state index contributed by atoms with van der Waals surface area (Å²) in [6, 6.07) is 24.6. The number of ether oxygens (including phenoxy) is 1. The normalized spacial score (nSPS) is 20.2. The number of hydrogen-bond acceptors (Lipinski definition) is 3. The monoisotopic (exact) mass is 430 g/mol. The Morgan fingerprint density at radius 2 is 1.72 bits per heavy atom. The van der Waals surface area contributed by atoms with Crippen molar-refractivity contribution < 1.29 is 13.9 Å². The average Bonchev–Trinajstić information content (AvgIpc) is 2.83. The largest absolute Gasteiger partial charge is 0.497 e. The van der Waals surface area contributed by atoms with E-state index >= 15 is 0 Å². The summed E-state index contributed by atoms with van der Waals surface area (Å²) in [5, 5.41) is 0. The topological polar surface area (TPSA) is 32.8 Å². The van der Waals surface area contributed by atoms with Gasteiger partial charge >= 0.3 is 0 Å². The number of amides is 1. The third kappa shape index (κ3) is 3.56. The van der Waals surface area contributed by atoms with E-state index in [9.17, 15) is 9.18 Å². The van der Waals surface area contributed by atoms with Crippen LogP contribution in [0.25, 0.3) is 0 Å². The van der Waals surface area contributed by atoms with E-state index in [2.05, 4.69) is 29.2 Å². The van der Waals surface area contributed by atoms with Crippen LogP contribution in [0.3, 0.4) is 0 Å². The summed E-state index contributed by atoms with van der Waals surface area (Å²) >= 11 is 0. The maximum atomic E-state index is 13.9. The second-order valence-electron chi connectivity index (χ2n) is 8.75. The van der Waals surface area contributed by atoms with Crippen molar-refractivity contribution in [1.82, 2.24) is 4.90 Å². The number of carbonyl (C=O) groups is 1. The van der Waals surface area contributed by atoms with Crippen LogP contribution in [-0.2, 0) is 11.3 Å². The lowest BCUT2D eigenvalue weighted by Crippen LogP contribution is -2.66. The Morgan fingerprint density at radius 1 is 0.969 bits per heavy atom. The van der Waals surface area contributed by atoms with Crippen LogP contribution in [0.1, 0.15) is 30.0 Å². The Morgan fingerprint density at radius 3 is 2.44 bits per heavy atom. The first-order valence-corrected chi connectivity index (χ1v) is 11.1. The number of methoxy groups -OCH3 is 1. The predicted molar refractivity (Wildman–Crippen MR) is 123 cm³/mol.